The predicted octanol–water partition coefficient (Wildman–Crippen LogP) is 2.44. The molecule has 0 fully saturated rings. The molecule has 1 aromatic carbocycles. The highest BCUT2D eigenvalue weighted by molar-refractivity contribution is 5.92. The zero-order valence-electron chi connectivity index (χ0n) is 15.5. The topological polar surface area (TPSA) is 75.8 Å². The average molecular weight is 353 g/mol. The summed E-state index contributed by atoms with van der Waals surface area (Å²) in [5.41, 5.74) is 10.9. The van der Waals surface area contributed by atoms with Crippen LogP contribution in [0.3, 0.4) is 0 Å². The third kappa shape index (κ3) is 5.20. The molecule has 1 heterocycles. The van der Waals surface area contributed by atoms with Gasteiger partial charge in [0.2, 0.25) is 5.88 Å². The number of ether oxygens (including phenoxy) is 1. The van der Waals surface area contributed by atoms with E-state index in [2.05, 4.69) is 38.4 Å². The fraction of sp³-hybridized carbons (Fsp3) is 0.400. The lowest BCUT2D eigenvalue weighted by Gasteiger charge is -2.11. The Bertz CT molecular complexity index is 773. The number of hydrogen-bond donors (Lipinski definition) is 2. The number of aryl methyl sites for hydroxylation is 2. The fourth-order valence-electron chi connectivity index (χ4n) is 2.97. The lowest BCUT2D eigenvalue weighted by Crippen LogP contribution is -2.22. The Kier molecular flexibility index (Phi) is 6.07. The van der Waals surface area contributed by atoms with Gasteiger partial charge < -0.3 is 20.7 Å². The number of aliphatic imine (C=N–C) groups is 1. The van der Waals surface area contributed by atoms with Crippen LogP contribution in [0.2, 0.25) is 0 Å². The van der Waals surface area contributed by atoms with Crippen molar-refractivity contribution >= 4 is 11.6 Å². The molecule has 0 unspecified atom stereocenters. The van der Waals surface area contributed by atoms with Gasteiger partial charge in [0.15, 0.2) is 5.96 Å². The van der Waals surface area contributed by atoms with E-state index in [4.69, 9.17) is 10.5 Å². The van der Waals surface area contributed by atoms with E-state index in [-0.39, 0.29) is 0 Å². The summed E-state index contributed by atoms with van der Waals surface area (Å²) in [4.78, 5) is 10.7. The predicted molar refractivity (Wildman–Crippen MR) is 106 cm³/mol. The van der Waals surface area contributed by atoms with Crippen molar-refractivity contribution in [3.63, 3.8) is 0 Å². The number of benzene rings is 1. The van der Waals surface area contributed by atoms with Crippen LogP contribution in [0.1, 0.15) is 23.1 Å². The van der Waals surface area contributed by atoms with Crippen molar-refractivity contribution in [3.8, 4) is 5.88 Å². The Balaban J connectivity index is 1.55. The quantitative estimate of drug-likeness (QED) is 0.591. The van der Waals surface area contributed by atoms with Gasteiger partial charge in [-0.2, -0.15) is 0 Å². The highest BCUT2D eigenvalue weighted by Crippen LogP contribution is 2.24. The number of aromatic nitrogens is 1. The molecule has 1 aliphatic rings. The lowest BCUT2D eigenvalue weighted by molar-refractivity contribution is 0.253. The van der Waals surface area contributed by atoms with Crippen molar-refractivity contribution in [1.29, 1.82) is 0 Å². The first-order valence-electron chi connectivity index (χ1n) is 9.01. The smallest absolute Gasteiger partial charge is 0.213 e. The second-order valence-electron chi connectivity index (χ2n) is 6.82. The first kappa shape index (κ1) is 18.2. The van der Waals surface area contributed by atoms with Crippen molar-refractivity contribution in [1.82, 2.24) is 9.88 Å². The Morgan fingerprint density at radius 2 is 2.08 bits per heavy atom. The third-order valence-corrected chi connectivity index (χ3v) is 4.39. The second kappa shape index (κ2) is 8.67. The molecule has 26 heavy (non-hydrogen) atoms. The fourth-order valence-corrected chi connectivity index (χ4v) is 2.97. The van der Waals surface area contributed by atoms with Gasteiger partial charge in [-0.25, -0.2) is 9.98 Å². The summed E-state index contributed by atoms with van der Waals surface area (Å²) in [6.07, 6.45) is 5.30. The van der Waals surface area contributed by atoms with E-state index in [1.54, 1.807) is 6.20 Å². The number of guanidine groups is 1. The van der Waals surface area contributed by atoms with E-state index in [1.165, 1.54) is 24.0 Å². The summed E-state index contributed by atoms with van der Waals surface area (Å²) < 4.78 is 5.65. The summed E-state index contributed by atoms with van der Waals surface area (Å²) in [5.74, 6) is 1.03. The maximum Gasteiger partial charge on any atom is 0.213 e. The van der Waals surface area contributed by atoms with Gasteiger partial charge in [-0.3, -0.25) is 0 Å². The number of nitrogens with one attached hydrogen (secondary N) is 1. The van der Waals surface area contributed by atoms with Crippen LogP contribution < -0.4 is 15.8 Å². The minimum atomic E-state index is 0.412. The summed E-state index contributed by atoms with van der Waals surface area (Å²) in [6, 6.07) is 10.2. The molecule has 2 aromatic rings. The second-order valence-corrected chi connectivity index (χ2v) is 6.82. The van der Waals surface area contributed by atoms with Gasteiger partial charge in [0.05, 0.1) is 6.54 Å². The zero-order chi connectivity index (χ0) is 18.4. The number of anilines is 1. The van der Waals surface area contributed by atoms with Crippen LogP contribution in [-0.4, -0.2) is 43.1 Å². The largest absolute Gasteiger partial charge is 0.476 e. The van der Waals surface area contributed by atoms with Crippen LogP contribution >= 0.6 is 0 Å². The van der Waals surface area contributed by atoms with Gasteiger partial charge in [0.25, 0.3) is 0 Å². The molecule has 0 bridgehead atoms. The Labute approximate surface area is 155 Å². The van der Waals surface area contributed by atoms with E-state index in [1.807, 2.05) is 26.2 Å². The van der Waals surface area contributed by atoms with E-state index in [0.717, 1.165) is 24.2 Å². The van der Waals surface area contributed by atoms with Crippen LogP contribution in [0.4, 0.5) is 5.69 Å². The molecule has 0 radical (unpaired) electrons. The molecular formula is C20H27N5O. The van der Waals surface area contributed by atoms with Crippen LogP contribution in [0.25, 0.3) is 0 Å². The summed E-state index contributed by atoms with van der Waals surface area (Å²) in [7, 11) is 4.03. The van der Waals surface area contributed by atoms with Crippen LogP contribution in [0, 0.1) is 0 Å². The molecule has 0 saturated heterocycles. The minimum Gasteiger partial charge on any atom is -0.476 e. The van der Waals surface area contributed by atoms with E-state index < -0.39 is 0 Å². The Morgan fingerprint density at radius 1 is 1.23 bits per heavy atom. The van der Waals surface area contributed by atoms with Gasteiger partial charge in [-0.1, -0.05) is 6.07 Å². The van der Waals surface area contributed by atoms with Gasteiger partial charge >= 0.3 is 0 Å². The van der Waals surface area contributed by atoms with Crippen LogP contribution in [0.15, 0.2) is 41.5 Å². The van der Waals surface area contributed by atoms with Gasteiger partial charge in [0, 0.05) is 24.5 Å². The van der Waals surface area contributed by atoms with Gasteiger partial charge in [-0.15, -0.1) is 0 Å². The van der Waals surface area contributed by atoms with Crippen LogP contribution in [0.5, 0.6) is 5.88 Å². The molecule has 0 atom stereocenters. The van der Waals surface area contributed by atoms with Gasteiger partial charge in [-0.05, 0) is 68.2 Å². The molecule has 138 valence electrons. The van der Waals surface area contributed by atoms with Crippen molar-refractivity contribution in [2.75, 3.05) is 32.6 Å². The number of rotatable bonds is 7. The number of fused-ring (bicyclic) bond motifs is 1. The van der Waals surface area contributed by atoms with Crippen molar-refractivity contribution in [2.45, 2.75) is 25.8 Å². The molecule has 0 aliphatic heterocycles. The third-order valence-electron chi connectivity index (χ3n) is 4.39. The zero-order valence-corrected chi connectivity index (χ0v) is 15.5. The summed E-state index contributed by atoms with van der Waals surface area (Å²) >= 11 is 0. The molecule has 0 spiro atoms. The van der Waals surface area contributed by atoms with Crippen molar-refractivity contribution < 1.29 is 4.74 Å². The highest BCUT2D eigenvalue weighted by atomic mass is 16.5. The SMILES string of the molecule is CN(C)CCOc1cc(CN=C(N)Nc2ccc3c(c2)CCC3)ccn1. The van der Waals surface area contributed by atoms with Crippen LogP contribution in [-0.2, 0) is 19.4 Å². The van der Waals surface area contributed by atoms with E-state index in [9.17, 15) is 0 Å². The first-order chi connectivity index (χ1) is 12.6. The molecule has 6 heteroatoms. The van der Waals surface area contributed by atoms with E-state index in [0.29, 0.717) is 25.0 Å². The summed E-state index contributed by atoms with van der Waals surface area (Å²) in [5, 5.41) is 3.18. The molecule has 1 aliphatic carbocycles. The molecule has 6 nitrogen and oxygen atoms in total. The maximum absolute atomic E-state index is 6.04. The van der Waals surface area contributed by atoms with E-state index >= 15 is 0 Å². The van der Waals surface area contributed by atoms with Crippen molar-refractivity contribution in [2.24, 2.45) is 10.7 Å². The Hall–Kier alpha value is -2.60. The summed E-state index contributed by atoms with van der Waals surface area (Å²) in [6.45, 7) is 1.94. The number of nitrogens with zero attached hydrogens (tertiary/aromatic N) is 3. The first-order valence-corrected chi connectivity index (χ1v) is 9.01. The lowest BCUT2D eigenvalue weighted by atomic mass is 10.1. The number of pyridine rings is 1. The number of likely N-dealkylation sites (N-methyl/N-ethyl adjacent to an activating group) is 1. The normalized spacial score (nSPS) is 13.7. The number of nitrogens with two attached hydrogens (primary N) is 1. The highest BCUT2D eigenvalue weighted by Gasteiger charge is 2.10. The average Bonchev–Trinajstić information content (AvgIpc) is 3.08. The maximum atomic E-state index is 6.04. The molecule has 0 saturated carbocycles. The molecule has 0 amide bonds. The minimum absolute atomic E-state index is 0.412. The number of hydrogen-bond acceptors (Lipinski definition) is 4. The standard InChI is InChI=1S/C20H27N5O/c1-25(2)10-11-26-19-12-15(8-9-22-19)14-23-20(21)24-18-7-6-16-4-3-5-17(16)13-18/h6-9,12-13H,3-5,10-11,14H2,1-2H3,(H3,21,23,24). The molecule has 3 rings (SSSR count). The monoisotopic (exact) mass is 353 g/mol. The Morgan fingerprint density at radius 3 is 2.92 bits per heavy atom. The van der Waals surface area contributed by atoms with Crippen molar-refractivity contribution in [3.05, 3.63) is 53.2 Å². The molecular weight excluding hydrogens is 326 g/mol. The molecule has 1 aromatic heterocycles. The van der Waals surface area contributed by atoms with Gasteiger partial charge in [0.1, 0.15) is 6.61 Å². The molecule has 3 N–H and O–H groups in total.